The van der Waals surface area contributed by atoms with Gasteiger partial charge in [-0.25, -0.2) is 0 Å². The number of amides is 1. The molecule has 2 aromatic carbocycles. The zero-order chi connectivity index (χ0) is 15.5. The van der Waals surface area contributed by atoms with Crippen LogP contribution in [-0.4, -0.2) is 25.1 Å². The third-order valence-corrected chi connectivity index (χ3v) is 3.44. The number of carbonyl (C=O) groups is 1. The van der Waals surface area contributed by atoms with E-state index in [0.717, 1.165) is 10.9 Å². The van der Waals surface area contributed by atoms with Crippen molar-refractivity contribution in [2.75, 3.05) is 19.5 Å². The number of hydrogen-bond acceptors (Lipinski definition) is 3. The highest BCUT2D eigenvalue weighted by Gasteiger charge is 2.15. The van der Waals surface area contributed by atoms with Crippen molar-refractivity contribution in [2.45, 2.75) is 0 Å². The first-order chi connectivity index (χ1) is 10.7. The van der Waals surface area contributed by atoms with Gasteiger partial charge in [0, 0.05) is 10.9 Å². The van der Waals surface area contributed by atoms with Crippen molar-refractivity contribution in [3.05, 3.63) is 54.2 Å². The van der Waals surface area contributed by atoms with Crippen molar-refractivity contribution >= 4 is 22.5 Å². The molecule has 2 N–H and O–H groups in total. The topological polar surface area (TPSA) is 63.4 Å². The van der Waals surface area contributed by atoms with E-state index in [1.54, 1.807) is 32.4 Å². The molecule has 5 heteroatoms. The Morgan fingerprint density at radius 3 is 2.32 bits per heavy atom. The van der Waals surface area contributed by atoms with Gasteiger partial charge < -0.3 is 19.8 Å². The molecule has 0 unspecified atom stereocenters. The highest BCUT2D eigenvalue weighted by atomic mass is 16.5. The van der Waals surface area contributed by atoms with E-state index in [1.807, 2.05) is 30.3 Å². The number of fused-ring (bicyclic) bond motifs is 1. The molecule has 0 aliphatic carbocycles. The average molecular weight is 296 g/mol. The normalized spacial score (nSPS) is 10.5. The van der Waals surface area contributed by atoms with Crippen LogP contribution in [0.3, 0.4) is 0 Å². The molecule has 0 fully saturated rings. The Bertz CT molecular complexity index is 768. The fourth-order valence-corrected chi connectivity index (χ4v) is 2.35. The SMILES string of the molecule is COc1cccc(OC)c1NC(=O)c1cc2ccccc2[nH]1. The van der Waals surface area contributed by atoms with Crippen molar-refractivity contribution < 1.29 is 14.3 Å². The zero-order valence-electron chi connectivity index (χ0n) is 12.3. The highest BCUT2D eigenvalue weighted by Crippen LogP contribution is 2.34. The smallest absolute Gasteiger partial charge is 0.272 e. The monoisotopic (exact) mass is 296 g/mol. The lowest BCUT2D eigenvalue weighted by atomic mass is 10.2. The van der Waals surface area contributed by atoms with Crippen LogP contribution in [0.25, 0.3) is 10.9 Å². The third-order valence-electron chi connectivity index (χ3n) is 3.44. The fraction of sp³-hybridized carbons (Fsp3) is 0.118. The Balaban J connectivity index is 1.94. The van der Waals surface area contributed by atoms with Crippen LogP contribution < -0.4 is 14.8 Å². The standard InChI is InChI=1S/C17H16N2O3/c1-21-14-8-5-9-15(22-2)16(14)19-17(20)13-10-11-6-3-4-7-12(11)18-13/h3-10,18H,1-2H3,(H,19,20). The van der Waals surface area contributed by atoms with Crippen LogP contribution in [0, 0.1) is 0 Å². The minimum absolute atomic E-state index is 0.251. The predicted molar refractivity (Wildman–Crippen MR) is 85.8 cm³/mol. The minimum atomic E-state index is -0.251. The van der Waals surface area contributed by atoms with Crippen LogP contribution in [0.2, 0.25) is 0 Å². The molecule has 112 valence electrons. The summed E-state index contributed by atoms with van der Waals surface area (Å²) >= 11 is 0. The molecule has 0 radical (unpaired) electrons. The van der Waals surface area contributed by atoms with Gasteiger partial charge in [-0.1, -0.05) is 24.3 Å². The van der Waals surface area contributed by atoms with Gasteiger partial charge in [0.2, 0.25) is 0 Å². The zero-order valence-corrected chi connectivity index (χ0v) is 12.3. The minimum Gasteiger partial charge on any atom is -0.494 e. The maximum atomic E-state index is 12.5. The van der Waals surface area contributed by atoms with E-state index < -0.39 is 0 Å². The van der Waals surface area contributed by atoms with Gasteiger partial charge in [-0.15, -0.1) is 0 Å². The second-order valence-electron chi connectivity index (χ2n) is 4.76. The summed E-state index contributed by atoms with van der Waals surface area (Å²) in [6.07, 6.45) is 0. The number of aromatic amines is 1. The molecule has 0 atom stereocenters. The lowest BCUT2D eigenvalue weighted by molar-refractivity contribution is 0.102. The quantitative estimate of drug-likeness (QED) is 0.775. The van der Waals surface area contributed by atoms with E-state index in [2.05, 4.69) is 10.3 Å². The van der Waals surface area contributed by atoms with E-state index in [1.165, 1.54) is 0 Å². The molecule has 0 saturated heterocycles. The first-order valence-electron chi connectivity index (χ1n) is 6.83. The lowest BCUT2D eigenvalue weighted by Gasteiger charge is -2.13. The number of H-pyrrole nitrogens is 1. The molecule has 0 saturated carbocycles. The van der Waals surface area contributed by atoms with Gasteiger partial charge in [0.25, 0.3) is 5.91 Å². The van der Waals surface area contributed by atoms with Crippen LogP contribution in [0.5, 0.6) is 11.5 Å². The second-order valence-corrected chi connectivity index (χ2v) is 4.76. The van der Waals surface area contributed by atoms with Crippen molar-refractivity contribution in [1.29, 1.82) is 0 Å². The van der Waals surface area contributed by atoms with E-state index in [-0.39, 0.29) is 5.91 Å². The summed E-state index contributed by atoms with van der Waals surface area (Å²) in [6, 6.07) is 14.9. The van der Waals surface area contributed by atoms with E-state index >= 15 is 0 Å². The molecule has 5 nitrogen and oxygen atoms in total. The van der Waals surface area contributed by atoms with E-state index in [4.69, 9.17) is 9.47 Å². The molecule has 3 rings (SSSR count). The van der Waals surface area contributed by atoms with E-state index in [0.29, 0.717) is 22.9 Å². The van der Waals surface area contributed by atoms with Crippen LogP contribution in [0.1, 0.15) is 10.5 Å². The summed E-state index contributed by atoms with van der Waals surface area (Å²) in [5.74, 6) is 0.839. The molecule has 1 amide bonds. The van der Waals surface area contributed by atoms with Crippen molar-refractivity contribution in [3.63, 3.8) is 0 Å². The molecule has 0 bridgehead atoms. The summed E-state index contributed by atoms with van der Waals surface area (Å²) in [6.45, 7) is 0. The van der Waals surface area contributed by atoms with Gasteiger partial charge in [0.1, 0.15) is 22.9 Å². The Morgan fingerprint density at radius 2 is 1.68 bits per heavy atom. The van der Waals surface area contributed by atoms with Crippen LogP contribution >= 0.6 is 0 Å². The van der Waals surface area contributed by atoms with Gasteiger partial charge >= 0.3 is 0 Å². The number of methoxy groups -OCH3 is 2. The predicted octanol–water partition coefficient (Wildman–Crippen LogP) is 3.44. The molecule has 1 aromatic heterocycles. The van der Waals surface area contributed by atoms with Gasteiger partial charge in [0.15, 0.2) is 0 Å². The number of ether oxygens (including phenoxy) is 2. The van der Waals surface area contributed by atoms with Gasteiger partial charge in [-0.2, -0.15) is 0 Å². The summed E-state index contributed by atoms with van der Waals surface area (Å²) < 4.78 is 10.6. The first kappa shape index (κ1) is 14.0. The Morgan fingerprint density at radius 1 is 1.00 bits per heavy atom. The summed E-state index contributed by atoms with van der Waals surface area (Å²) in [5, 5.41) is 3.82. The van der Waals surface area contributed by atoms with Gasteiger partial charge in [0.05, 0.1) is 14.2 Å². The number of anilines is 1. The molecule has 0 spiro atoms. The van der Waals surface area contributed by atoms with Crippen molar-refractivity contribution in [3.8, 4) is 11.5 Å². The fourth-order valence-electron chi connectivity index (χ4n) is 2.35. The van der Waals surface area contributed by atoms with Crippen molar-refractivity contribution in [2.24, 2.45) is 0 Å². The molecule has 0 aliphatic rings. The molecule has 3 aromatic rings. The molecular formula is C17H16N2O3. The number of aromatic nitrogens is 1. The van der Waals surface area contributed by atoms with Crippen molar-refractivity contribution in [1.82, 2.24) is 4.98 Å². The maximum absolute atomic E-state index is 12.5. The lowest BCUT2D eigenvalue weighted by Crippen LogP contribution is -2.13. The maximum Gasteiger partial charge on any atom is 0.272 e. The highest BCUT2D eigenvalue weighted by molar-refractivity contribution is 6.07. The van der Waals surface area contributed by atoms with Crippen LogP contribution in [0.4, 0.5) is 5.69 Å². The third kappa shape index (κ3) is 2.48. The largest absolute Gasteiger partial charge is 0.494 e. The molecular weight excluding hydrogens is 280 g/mol. The number of rotatable bonds is 4. The summed E-state index contributed by atoms with van der Waals surface area (Å²) in [7, 11) is 3.10. The van der Waals surface area contributed by atoms with Gasteiger partial charge in [-0.3, -0.25) is 4.79 Å². The second kappa shape index (κ2) is 5.81. The average Bonchev–Trinajstić information content (AvgIpc) is 2.99. The van der Waals surface area contributed by atoms with Gasteiger partial charge in [-0.05, 0) is 24.3 Å². The number of carbonyl (C=O) groups excluding carboxylic acids is 1. The number of para-hydroxylation sites is 2. The Kier molecular flexibility index (Phi) is 3.70. The number of hydrogen-bond donors (Lipinski definition) is 2. The molecule has 22 heavy (non-hydrogen) atoms. The number of nitrogens with one attached hydrogen (secondary N) is 2. The molecule has 1 heterocycles. The Hall–Kier alpha value is -2.95. The van der Waals surface area contributed by atoms with E-state index in [9.17, 15) is 4.79 Å². The van der Waals surface area contributed by atoms with Crippen LogP contribution in [0.15, 0.2) is 48.5 Å². The first-order valence-corrected chi connectivity index (χ1v) is 6.83. The number of benzene rings is 2. The summed E-state index contributed by atoms with van der Waals surface area (Å²) in [4.78, 5) is 15.6. The molecule has 0 aliphatic heterocycles. The Labute approximate surface area is 127 Å². The van der Waals surface area contributed by atoms with Crippen LogP contribution in [-0.2, 0) is 0 Å². The summed E-state index contributed by atoms with van der Waals surface area (Å²) in [5.41, 5.74) is 1.91.